The summed E-state index contributed by atoms with van der Waals surface area (Å²) in [5, 5.41) is 6.83. The standard InChI is InChI=1S/C26H36N4O5Si/c1-16-10-11-17(36(8,9)15-26(2,3)4)14-19(16)35-20-13-12-18(34-20)22(31)28-21-23(32-6)29-25(27-5)30-24(21)33-7/h10-14H,15H2,1-9H3,(H,28,31)(H,27,29,30). The van der Waals surface area contributed by atoms with Crippen molar-refractivity contribution in [3.8, 4) is 23.5 Å². The number of carbonyl (C=O) groups is 1. The van der Waals surface area contributed by atoms with Gasteiger partial charge in [0.1, 0.15) is 5.75 Å². The number of anilines is 2. The average Bonchev–Trinajstić information content (AvgIpc) is 3.27. The molecule has 0 unspecified atom stereocenters. The summed E-state index contributed by atoms with van der Waals surface area (Å²) < 4.78 is 22.4. The first-order valence-corrected chi connectivity index (χ1v) is 15.0. The number of hydrogen-bond donors (Lipinski definition) is 2. The Hall–Kier alpha value is -3.53. The topological polar surface area (TPSA) is 108 Å². The van der Waals surface area contributed by atoms with Gasteiger partial charge in [-0.25, -0.2) is 0 Å². The molecule has 1 aromatic carbocycles. The van der Waals surface area contributed by atoms with Crippen molar-refractivity contribution in [1.29, 1.82) is 0 Å². The molecule has 0 bridgehead atoms. The van der Waals surface area contributed by atoms with E-state index in [-0.39, 0.29) is 34.6 Å². The summed E-state index contributed by atoms with van der Waals surface area (Å²) in [4.78, 5) is 21.3. The highest BCUT2D eigenvalue weighted by atomic mass is 28.3. The van der Waals surface area contributed by atoms with Gasteiger partial charge in [0.15, 0.2) is 11.4 Å². The van der Waals surface area contributed by atoms with Crippen LogP contribution in [0.2, 0.25) is 19.1 Å². The SMILES string of the molecule is CNc1nc(OC)c(NC(=O)c2ccc(Oc3cc([Si](C)(C)CC(C)(C)C)ccc3C)o2)c(OC)n1. The highest BCUT2D eigenvalue weighted by Crippen LogP contribution is 2.34. The third-order valence-corrected chi connectivity index (χ3v) is 9.47. The minimum Gasteiger partial charge on any atom is -0.479 e. The second-order valence-electron chi connectivity index (χ2n) is 10.5. The van der Waals surface area contributed by atoms with Crippen LogP contribution < -0.4 is 30.0 Å². The van der Waals surface area contributed by atoms with Crippen LogP contribution in [0.1, 0.15) is 36.9 Å². The van der Waals surface area contributed by atoms with Crippen molar-refractivity contribution < 1.29 is 23.4 Å². The number of benzene rings is 1. The van der Waals surface area contributed by atoms with E-state index < -0.39 is 14.0 Å². The van der Waals surface area contributed by atoms with Crippen LogP contribution in [-0.2, 0) is 0 Å². The van der Waals surface area contributed by atoms with Gasteiger partial charge in [0.2, 0.25) is 17.7 Å². The Balaban J connectivity index is 1.81. The van der Waals surface area contributed by atoms with Crippen LogP contribution in [0, 0.1) is 12.3 Å². The summed E-state index contributed by atoms with van der Waals surface area (Å²) in [5.41, 5.74) is 1.42. The fraction of sp³-hybridized carbons (Fsp3) is 0.423. The number of nitrogens with one attached hydrogen (secondary N) is 2. The number of amides is 1. The largest absolute Gasteiger partial charge is 0.479 e. The number of rotatable bonds is 9. The number of aryl methyl sites for hydroxylation is 1. The van der Waals surface area contributed by atoms with Crippen LogP contribution in [0.15, 0.2) is 34.7 Å². The molecule has 2 N–H and O–H groups in total. The maximum atomic E-state index is 12.9. The summed E-state index contributed by atoms with van der Waals surface area (Å²) in [7, 11) is 2.87. The van der Waals surface area contributed by atoms with Crippen molar-refractivity contribution in [3.63, 3.8) is 0 Å². The van der Waals surface area contributed by atoms with E-state index in [4.69, 9.17) is 18.6 Å². The van der Waals surface area contributed by atoms with E-state index in [1.54, 1.807) is 19.2 Å². The van der Waals surface area contributed by atoms with Gasteiger partial charge in [0.05, 0.1) is 22.3 Å². The lowest BCUT2D eigenvalue weighted by atomic mass is 10.0. The molecule has 0 fully saturated rings. The molecule has 0 aliphatic carbocycles. The van der Waals surface area contributed by atoms with Crippen molar-refractivity contribution in [2.24, 2.45) is 5.41 Å². The monoisotopic (exact) mass is 512 g/mol. The molecule has 0 saturated heterocycles. The van der Waals surface area contributed by atoms with E-state index in [9.17, 15) is 4.79 Å². The maximum Gasteiger partial charge on any atom is 0.291 e. The number of aromatic nitrogens is 2. The first-order valence-electron chi connectivity index (χ1n) is 11.7. The molecule has 194 valence electrons. The number of furan rings is 1. The third kappa shape index (κ3) is 6.37. The molecule has 36 heavy (non-hydrogen) atoms. The van der Waals surface area contributed by atoms with Gasteiger partial charge >= 0.3 is 0 Å². The van der Waals surface area contributed by atoms with Crippen molar-refractivity contribution in [2.45, 2.75) is 46.8 Å². The molecule has 10 heteroatoms. The zero-order valence-electron chi connectivity index (χ0n) is 22.5. The molecule has 3 aromatic rings. The van der Waals surface area contributed by atoms with Gasteiger partial charge in [-0.05, 0) is 36.1 Å². The van der Waals surface area contributed by atoms with Gasteiger partial charge in [-0.3, -0.25) is 4.79 Å². The van der Waals surface area contributed by atoms with Gasteiger partial charge in [-0.2, -0.15) is 9.97 Å². The van der Waals surface area contributed by atoms with Crippen LogP contribution in [0.4, 0.5) is 11.6 Å². The average molecular weight is 513 g/mol. The van der Waals surface area contributed by atoms with Gasteiger partial charge < -0.3 is 29.3 Å². The number of nitrogens with zero attached hydrogens (tertiary/aromatic N) is 2. The zero-order valence-corrected chi connectivity index (χ0v) is 23.5. The highest BCUT2D eigenvalue weighted by Gasteiger charge is 2.30. The predicted molar refractivity (Wildman–Crippen MR) is 144 cm³/mol. The number of methoxy groups -OCH3 is 2. The molecule has 1 amide bonds. The van der Waals surface area contributed by atoms with Gasteiger partial charge in [0, 0.05) is 13.1 Å². The first-order chi connectivity index (χ1) is 16.9. The molecular formula is C26H36N4O5Si. The summed E-state index contributed by atoms with van der Waals surface area (Å²) in [6.07, 6.45) is 0. The smallest absolute Gasteiger partial charge is 0.291 e. The molecule has 2 aromatic heterocycles. The Morgan fingerprint density at radius 2 is 1.69 bits per heavy atom. The van der Waals surface area contributed by atoms with Crippen molar-refractivity contribution >= 4 is 30.8 Å². The van der Waals surface area contributed by atoms with Crippen LogP contribution in [-0.4, -0.2) is 45.2 Å². The quantitative estimate of drug-likeness (QED) is 0.365. The first kappa shape index (κ1) is 27.1. The molecule has 0 spiro atoms. The maximum absolute atomic E-state index is 12.9. The van der Waals surface area contributed by atoms with E-state index in [0.29, 0.717) is 11.7 Å². The second-order valence-corrected chi connectivity index (χ2v) is 15.2. The predicted octanol–water partition coefficient (Wildman–Crippen LogP) is 5.44. The lowest BCUT2D eigenvalue weighted by molar-refractivity contribution is 0.0990. The molecule has 0 aliphatic rings. The lowest BCUT2D eigenvalue weighted by Gasteiger charge is -2.31. The third-order valence-electron chi connectivity index (χ3n) is 5.65. The van der Waals surface area contributed by atoms with Crippen molar-refractivity contribution in [2.75, 3.05) is 31.9 Å². The molecule has 0 saturated carbocycles. The van der Waals surface area contributed by atoms with Crippen LogP contribution in [0.5, 0.6) is 23.5 Å². The second kappa shape index (κ2) is 10.6. The summed E-state index contributed by atoms with van der Waals surface area (Å²) in [6, 6.07) is 10.7. The Labute approximate surface area is 213 Å². The summed E-state index contributed by atoms with van der Waals surface area (Å²) in [5.74, 6) is 1.06. The van der Waals surface area contributed by atoms with E-state index in [2.05, 4.69) is 72.7 Å². The Morgan fingerprint density at radius 1 is 1.06 bits per heavy atom. The van der Waals surface area contributed by atoms with Gasteiger partial charge in [-0.15, -0.1) is 0 Å². The summed E-state index contributed by atoms with van der Waals surface area (Å²) >= 11 is 0. The van der Waals surface area contributed by atoms with E-state index in [1.165, 1.54) is 19.4 Å². The van der Waals surface area contributed by atoms with Crippen molar-refractivity contribution in [1.82, 2.24) is 9.97 Å². The van der Waals surface area contributed by atoms with Gasteiger partial charge in [-0.1, -0.05) is 51.2 Å². The van der Waals surface area contributed by atoms with E-state index >= 15 is 0 Å². The normalized spacial score (nSPS) is 11.7. The Morgan fingerprint density at radius 3 is 2.25 bits per heavy atom. The van der Waals surface area contributed by atoms with Crippen LogP contribution in [0.25, 0.3) is 0 Å². The van der Waals surface area contributed by atoms with E-state index in [0.717, 1.165) is 11.6 Å². The minimum absolute atomic E-state index is 0.0584. The zero-order chi connectivity index (χ0) is 26.7. The number of hydrogen-bond acceptors (Lipinski definition) is 8. The molecular weight excluding hydrogens is 476 g/mol. The fourth-order valence-corrected chi connectivity index (χ4v) is 8.19. The van der Waals surface area contributed by atoms with Crippen LogP contribution >= 0.6 is 0 Å². The van der Waals surface area contributed by atoms with Crippen LogP contribution in [0.3, 0.4) is 0 Å². The minimum atomic E-state index is -1.68. The fourth-order valence-electron chi connectivity index (χ4n) is 4.27. The van der Waals surface area contributed by atoms with Gasteiger partial charge in [0.25, 0.3) is 11.9 Å². The molecule has 2 heterocycles. The van der Waals surface area contributed by atoms with E-state index in [1.807, 2.05) is 6.92 Å². The molecule has 9 nitrogen and oxygen atoms in total. The lowest BCUT2D eigenvalue weighted by Crippen LogP contribution is -2.44. The molecule has 3 rings (SSSR count). The number of carbonyl (C=O) groups excluding carboxylic acids is 1. The molecule has 0 aliphatic heterocycles. The van der Waals surface area contributed by atoms with Crippen molar-refractivity contribution in [3.05, 3.63) is 41.7 Å². The summed E-state index contributed by atoms with van der Waals surface area (Å²) in [6.45, 7) is 13.6. The Bertz CT molecular complexity index is 1210. The number of ether oxygens (including phenoxy) is 3. The Kier molecular flexibility index (Phi) is 7.98. The molecule has 0 radical (unpaired) electrons. The molecule has 0 atom stereocenters. The highest BCUT2D eigenvalue weighted by molar-refractivity contribution is 6.89.